The monoisotopic (exact) mass is 224 g/mol. The Balaban J connectivity index is 2.43. The summed E-state index contributed by atoms with van der Waals surface area (Å²) < 4.78 is 2.09. The summed E-state index contributed by atoms with van der Waals surface area (Å²) in [7, 11) is 3.50. The van der Waals surface area contributed by atoms with Gasteiger partial charge in [-0.05, 0) is 13.8 Å². The van der Waals surface area contributed by atoms with Crippen LogP contribution in [0.25, 0.3) is 0 Å². The lowest BCUT2D eigenvalue weighted by molar-refractivity contribution is -0.127. The Hall–Kier alpha value is -1.36. The molecule has 1 aromatic rings. The van der Waals surface area contributed by atoms with Crippen LogP contribution in [0.5, 0.6) is 0 Å². The second-order valence-electron chi connectivity index (χ2n) is 4.28. The van der Waals surface area contributed by atoms with Gasteiger partial charge in [0.25, 0.3) is 0 Å². The number of rotatable bonds is 5. The molecule has 0 spiro atoms. The third kappa shape index (κ3) is 3.34. The van der Waals surface area contributed by atoms with E-state index in [-0.39, 0.29) is 5.91 Å². The molecule has 0 aromatic carbocycles. The Kier molecular flexibility index (Phi) is 4.49. The lowest BCUT2D eigenvalue weighted by atomic mass is 10.3. The zero-order chi connectivity index (χ0) is 12.1. The Morgan fingerprint density at radius 3 is 2.81 bits per heavy atom. The van der Waals surface area contributed by atoms with Crippen molar-refractivity contribution >= 4 is 5.91 Å². The van der Waals surface area contributed by atoms with Gasteiger partial charge in [0, 0.05) is 32.9 Å². The molecule has 5 heteroatoms. The van der Waals surface area contributed by atoms with E-state index in [1.165, 1.54) is 0 Å². The van der Waals surface area contributed by atoms with E-state index in [1.807, 2.05) is 12.5 Å². The molecular weight excluding hydrogens is 204 g/mol. The van der Waals surface area contributed by atoms with Crippen molar-refractivity contribution in [1.29, 1.82) is 0 Å². The van der Waals surface area contributed by atoms with E-state index >= 15 is 0 Å². The van der Waals surface area contributed by atoms with E-state index in [9.17, 15) is 4.79 Å². The minimum atomic E-state index is 0.0793. The van der Waals surface area contributed by atoms with Crippen LogP contribution in [-0.2, 0) is 11.3 Å². The van der Waals surface area contributed by atoms with Crippen molar-refractivity contribution in [2.75, 3.05) is 20.6 Å². The summed E-state index contributed by atoms with van der Waals surface area (Å²) in [6.07, 6.45) is 3.64. The molecule has 0 bridgehead atoms. The number of carbonyl (C=O) groups excluding carboxylic acids is 1. The fourth-order valence-corrected chi connectivity index (χ4v) is 1.39. The average Bonchev–Trinajstić information content (AvgIpc) is 2.65. The normalized spacial score (nSPS) is 10.8. The Bertz CT molecular complexity index is 344. The van der Waals surface area contributed by atoms with Gasteiger partial charge in [0.15, 0.2) is 0 Å². The molecule has 0 saturated heterocycles. The van der Waals surface area contributed by atoms with E-state index in [0.29, 0.717) is 19.1 Å². The van der Waals surface area contributed by atoms with Crippen molar-refractivity contribution in [3.8, 4) is 0 Å². The largest absolute Gasteiger partial charge is 0.348 e. The maximum atomic E-state index is 11.3. The van der Waals surface area contributed by atoms with Gasteiger partial charge < -0.3 is 14.8 Å². The summed E-state index contributed by atoms with van der Waals surface area (Å²) in [5.41, 5.74) is 1.10. The van der Waals surface area contributed by atoms with Gasteiger partial charge in [0.05, 0.1) is 18.6 Å². The molecule has 16 heavy (non-hydrogen) atoms. The first-order valence-corrected chi connectivity index (χ1v) is 5.44. The van der Waals surface area contributed by atoms with Crippen molar-refractivity contribution in [3.05, 3.63) is 18.2 Å². The number of hydrogen-bond acceptors (Lipinski definition) is 3. The lowest BCUT2D eigenvalue weighted by Gasteiger charge is -2.13. The predicted octanol–water partition coefficient (Wildman–Crippen LogP) is 0.642. The average molecular weight is 224 g/mol. The summed E-state index contributed by atoms with van der Waals surface area (Å²) in [6, 6.07) is 0.392. The first-order chi connectivity index (χ1) is 7.52. The molecule has 0 radical (unpaired) electrons. The topological polar surface area (TPSA) is 50.2 Å². The second kappa shape index (κ2) is 5.65. The van der Waals surface area contributed by atoms with Crippen LogP contribution in [0.3, 0.4) is 0 Å². The van der Waals surface area contributed by atoms with Crippen LogP contribution in [0.1, 0.15) is 25.6 Å². The van der Waals surface area contributed by atoms with Gasteiger partial charge in [-0.1, -0.05) is 0 Å². The van der Waals surface area contributed by atoms with Gasteiger partial charge in [-0.2, -0.15) is 0 Å². The van der Waals surface area contributed by atoms with E-state index in [4.69, 9.17) is 0 Å². The molecule has 0 aliphatic rings. The lowest BCUT2D eigenvalue weighted by Crippen LogP contribution is -2.33. The SMILES string of the molecule is CC(C)n1cncc1CNCC(=O)N(C)C. The van der Waals surface area contributed by atoms with Crippen LogP contribution >= 0.6 is 0 Å². The molecule has 0 aliphatic heterocycles. The highest BCUT2D eigenvalue weighted by Crippen LogP contribution is 2.07. The second-order valence-corrected chi connectivity index (χ2v) is 4.28. The zero-order valence-electron chi connectivity index (χ0n) is 10.4. The smallest absolute Gasteiger partial charge is 0.236 e. The predicted molar refractivity (Wildman–Crippen MR) is 63.0 cm³/mol. The molecule has 1 rings (SSSR count). The van der Waals surface area contributed by atoms with Gasteiger partial charge >= 0.3 is 0 Å². The zero-order valence-corrected chi connectivity index (χ0v) is 10.4. The number of hydrogen-bond donors (Lipinski definition) is 1. The van der Waals surface area contributed by atoms with Crippen molar-refractivity contribution in [1.82, 2.24) is 19.8 Å². The number of carbonyl (C=O) groups is 1. The van der Waals surface area contributed by atoms with E-state index in [0.717, 1.165) is 5.69 Å². The minimum absolute atomic E-state index is 0.0793. The molecule has 1 N–H and O–H groups in total. The molecule has 0 unspecified atom stereocenters. The van der Waals surface area contributed by atoms with Crippen molar-refractivity contribution < 1.29 is 4.79 Å². The number of amides is 1. The number of aromatic nitrogens is 2. The van der Waals surface area contributed by atoms with Crippen LogP contribution in [0.2, 0.25) is 0 Å². The Labute approximate surface area is 96.5 Å². The molecule has 1 aromatic heterocycles. The van der Waals surface area contributed by atoms with Gasteiger partial charge in [0.2, 0.25) is 5.91 Å². The molecule has 0 atom stereocenters. The van der Waals surface area contributed by atoms with Crippen LogP contribution in [0.15, 0.2) is 12.5 Å². The van der Waals surface area contributed by atoms with E-state index < -0.39 is 0 Å². The molecular formula is C11H20N4O. The fourth-order valence-electron chi connectivity index (χ4n) is 1.39. The summed E-state index contributed by atoms with van der Waals surface area (Å²) in [5.74, 6) is 0.0793. The number of imidazole rings is 1. The summed E-state index contributed by atoms with van der Waals surface area (Å²) in [5, 5.41) is 3.11. The molecule has 0 fully saturated rings. The third-order valence-electron chi connectivity index (χ3n) is 2.38. The highest BCUT2D eigenvalue weighted by Gasteiger charge is 2.06. The molecule has 1 amide bonds. The highest BCUT2D eigenvalue weighted by atomic mass is 16.2. The molecule has 0 aliphatic carbocycles. The summed E-state index contributed by atoms with van der Waals surface area (Å²) in [4.78, 5) is 17.0. The van der Waals surface area contributed by atoms with E-state index in [1.54, 1.807) is 19.0 Å². The maximum absolute atomic E-state index is 11.3. The van der Waals surface area contributed by atoms with Crippen molar-refractivity contribution in [3.63, 3.8) is 0 Å². The minimum Gasteiger partial charge on any atom is -0.348 e. The number of likely N-dealkylation sites (N-methyl/N-ethyl adjacent to an activating group) is 1. The van der Waals surface area contributed by atoms with Crippen LogP contribution in [-0.4, -0.2) is 41.0 Å². The number of nitrogens with one attached hydrogen (secondary N) is 1. The van der Waals surface area contributed by atoms with Gasteiger partial charge in [-0.25, -0.2) is 4.98 Å². The molecule has 5 nitrogen and oxygen atoms in total. The first kappa shape index (κ1) is 12.7. The standard InChI is InChI=1S/C11H20N4O/c1-9(2)15-8-13-6-10(15)5-12-7-11(16)14(3)4/h6,8-9,12H,5,7H2,1-4H3. The van der Waals surface area contributed by atoms with E-state index in [2.05, 4.69) is 28.7 Å². The number of nitrogens with zero attached hydrogens (tertiary/aromatic N) is 3. The quantitative estimate of drug-likeness (QED) is 0.798. The van der Waals surface area contributed by atoms with Crippen LogP contribution < -0.4 is 5.32 Å². The third-order valence-corrected chi connectivity index (χ3v) is 2.38. The summed E-state index contributed by atoms with van der Waals surface area (Å²) in [6.45, 7) is 5.24. The first-order valence-electron chi connectivity index (χ1n) is 5.44. The molecule has 0 saturated carbocycles. The van der Waals surface area contributed by atoms with Gasteiger partial charge in [-0.3, -0.25) is 4.79 Å². The van der Waals surface area contributed by atoms with Crippen LogP contribution in [0.4, 0.5) is 0 Å². The van der Waals surface area contributed by atoms with Crippen molar-refractivity contribution in [2.45, 2.75) is 26.4 Å². The fraction of sp³-hybridized carbons (Fsp3) is 0.636. The Morgan fingerprint density at radius 2 is 2.25 bits per heavy atom. The van der Waals surface area contributed by atoms with Gasteiger partial charge in [-0.15, -0.1) is 0 Å². The Morgan fingerprint density at radius 1 is 1.56 bits per heavy atom. The molecule has 1 heterocycles. The van der Waals surface area contributed by atoms with Gasteiger partial charge in [0.1, 0.15) is 0 Å². The van der Waals surface area contributed by atoms with Crippen LogP contribution in [0, 0.1) is 0 Å². The highest BCUT2D eigenvalue weighted by molar-refractivity contribution is 5.77. The summed E-state index contributed by atoms with van der Waals surface area (Å²) >= 11 is 0. The maximum Gasteiger partial charge on any atom is 0.236 e. The molecule has 90 valence electrons. The van der Waals surface area contributed by atoms with Crippen molar-refractivity contribution in [2.24, 2.45) is 0 Å².